The van der Waals surface area contributed by atoms with Gasteiger partial charge in [0.25, 0.3) is 5.91 Å². The Morgan fingerprint density at radius 1 is 0.794 bits per heavy atom. The van der Waals surface area contributed by atoms with Crippen LogP contribution in [0.25, 0.3) is 0 Å². The second kappa shape index (κ2) is 10.6. The molecule has 0 saturated carbocycles. The highest BCUT2D eigenvalue weighted by molar-refractivity contribution is 5.91. The summed E-state index contributed by atoms with van der Waals surface area (Å²) in [5.41, 5.74) is 3.93. The molecule has 0 aliphatic carbocycles. The molecule has 34 heavy (non-hydrogen) atoms. The summed E-state index contributed by atoms with van der Waals surface area (Å²) in [4.78, 5) is 14.8. The van der Waals surface area contributed by atoms with E-state index in [0.717, 1.165) is 18.8 Å². The first-order valence-corrected chi connectivity index (χ1v) is 11.6. The molecule has 1 N–H and O–H groups in total. The number of amides is 1. The maximum Gasteiger partial charge on any atom is 0.287 e. The van der Waals surface area contributed by atoms with Crippen molar-refractivity contribution in [3.05, 3.63) is 119 Å². The highest BCUT2D eigenvalue weighted by Gasteiger charge is 2.16. The van der Waals surface area contributed by atoms with Crippen molar-refractivity contribution in [1.29, 1.82) is 0 Å². The average molecular weight is 457 g/mol. The van der Waals surface area contributed by atoms with Gasteiger partial charge in [-0.2, -0.15) is 0 Å². The van der Waals surface area contributed by atoms with Gasteiger partial charge in [0.15, 0.2) is 5.76 Å². The molecule has 5 nitrogen and oxygen atoms in total. The van der Waals surface area contributed by atoms with Gasteiger partial charge in [0.1, 0.15) is 11.5 Å². The molecule has 2 aromatic carbocycles. The standard InChI is InChI=1S/C29H32N2O3/c1-29(2,3)24-13-11-23(12-14-24)20-31(19-22-8-5-4-6-9-22)21-26-15-16-27(34-26)28(32)30-18-25-10-7-17-33-25/h4-17H,18-21H2,1-3H3,(H,30,32). The predicted molar refractivity (Wildman–Crippen MR) is 133 cm³/mol. The van der Waals surface area contributed by atoms with Gasteiger partial charge >= 0.3 is 0 Å². The van der Waals surface area contributed by atoms with Crippen LogP contribution in [0.1, 0.15) is 59.5 Å². The van der Waals surface area contributed by atoms with Gasteiger partial charge in [-0.3, -0.25) is 9.69 Å². The van der Waals surface area contributed by atoms with E-state index in [1.54, 1.807) is 18.4 Å². The Balaban J connectivity index is 1.44. The van der Waals surface area contributed by atoms with Crippen molar-refractivity contribution >= 4 is 5.91 Å². The maximum atomic E-state index is 12.5. The summed E-state index contributed by atoms with van der Waals surface area (Å²) < 4.78 is 11.2. The quantitative estimate of drug-likeness (QED) is 0.321. The van der Waals surface area contributed by atoms with E-state index in [2.05, 4.69) is 79.5 Å². The van der Waals surface area contributed by atoms with Crippen LogP contribution in [0.15, 0.2) is 94.0 Å². The minimum atomic E-state index is -0.255. The first-order valence-electron chi connectivity index (χ1n) is 11.6. The summed E-state index contributed by atoms with van der Waals surface area (Å²) in [6.45, 7) is 9.16. The van der Waals surface area contributed by atoms with Crippen LogP contribution in [0, 0.1) is 0 Å². The molecule has 0 saturated heterocycles. The van der Waals surface area contributed by atoms with Gasteiger partial charge in [-0.25, -0.2) is 0 Å². The Hall–Kier alpha value is -3.57. The summed E-state index contributed by atoms with van der Waals surface area (Å²) in [5.74, 6) is 1.50. The minimum absolute atomic E-state index is 0.129. The second-order valence-corrected chi connectivity index (χ2v) is 9.61. The van der Waals surface area contributed by atoms with Gasteiger partial charge in [0.2, 0.25) is 0 Å². The fraction of sp³-hybridized carbons (Fsp3) is 0.276. The maximum absolute atomic E-state index is 12.5. The minimum Gasteiger partial charge on any atom is -0.467 e. The van der Waals surface area contributed by atoms with Crippen molar-refractivity contribution in [2.45, 2.75) is 52.4 Å². The van der Waals surface area contributed by atoms with E-state index < -0.39 is 0 Å². The van der Waals surface area contributed by atoms with E-state index in [1.807, 2.05) is 18.2 Å². The number of carbonyl (C=O) groups is 1. The predicted octanol–water partition coefficient (Wildman–Crippen LogP) is 6.30. The molecular weight excluding hydrogens is 424 g/mol. The van der Waals surface area contributed by atoms with Crippen molar-refractivity contribution < 1.29 is 13.6 Å². The number of furan rings is 2. The van der Waals surface area contributed by atoms with Crippen LogP contribution in [-0.2, 0) is 31.6 Å². The van der Waals surface area contributed by atoms with E-state index in [-0.39, 0.29) is 11.3 Å². The number of carbonyl (C=O) groups excluding carboxylic acids is 1. The van der Waals surface area contributed by atoms with Crippen molar-refractivity contribution in [3.63, 3.8) is 0 Å². The lowest BCUT2D eigenvalue weighted by atomic mass is 9.87. The number of rotatable bonds is 9. The number of nitrogens with one attached hydrogen (secondary N) is 1. The Morgan fingerprint density at radius 3 is 2.15 bits per heavy atom. The molecular formula is C29H32N2O3. The topological polar surface area (TPSA) is 58.6 Å². The zero-order chi connectivity index (χ0) is 24.0. The van der Waals surface area contributed by atoms with Crippen molar-refractivity contribution in [1.82, 2.24) is 10.2 Å². The van der Waals surface area contributed by atoms with Gasteiger partial charge in [0.05, 0.1) is 19.4 Å². The number of hydrogen-bond donors (Lipinski definition) is 1. The van der Waals surface area contributed by atoms with Crippen LogP contribution in [0.2, 0.25) is 0 Å². The first kappa shape index (κ1) is 23.6. The average Bonchev–Trinajstić information content (AvgIpc) is 3.50. The van der Waals surface area contributed by atoms with Crippen molar-refractivity contribution in [3.8, 4) is 0 Å². The summed E-state index contributed by atoms with van der Waals surface area (Å²) in [6, 6.07) is 26.5. The normalized spacial score (nSPS) is 11.6. The molecule has 0 spiro atoms. The Labute approximate surface area is 201 Å². The lowest BCUT2D eigenvalue weighted by molar-refractivity contribution is 0.0915. The molecule has 2 aromatic heterocycles. The van der Waals surface area contributed by atoms with Gasteiger partial charge in [-0.1, -0.05) is 75.4 Å². The molecule has 4 aromatic rings. The molecule has 4 rings (SSSR count). The van der Waals surface area contributed by atoms with Gasteiger partial charge in [0, 0.05) is 13.1 Å². The Morgan fingerprint density at radius 2 is 1.50 bits per heavy atom. The van der Waals surface area contributed by atoms with E-state index in [9.17, 15) is 4.79 Å². The molecule has 0 aliphatic heterocycles. The van der Waals surface area contributed by atoms with Crippen LogP contribution in [-0.4, -0.2) is 10.8 Å². The third-order valence-corrected chi connectivity index (χ3v) is 5.74. The first-order chi connectivity index (χ1) is 16.4. The summed E-state index contributed by atoms with van der Waals surface area (Å²) in [5, 5.41) is 2.82. The van der Waals surface area contributed by atoms with Gasteiger partial charge in [-0.15, -0.1) is 0 Å². The molecule has 0 atom stereocenters. The molecule has 0 fully saturated rings. The molecule has 0 unspecified atom stereocenters. The molecule has 5 heteroatoms. The molecule has 0 aliphatic rings. The zero-order valence-corrected chi connectivity index (χ0v) is 20.1. The lowest BCUT2D eigenvalue weighted by Gasteiger charge is -2.23. The van der Waals surface area contributed by atoms with E-state index in [0.29, 0.717) is 24.6 Å². The highest BCUT2D eigenvalue weighted by Crippen LogP contribution is 2.23. The Kier molecular flexibility index (Phi) is 7.33. The second-order valence-electron chi connectivity index (χ2n) is 9.61. The van der Waals surface area contributed by atoms with Crippen LogP contribution in [0.3, 0.4) is 0 Å². The van der Waals surface area contributed by atoms with E-state index in [4.69, 9.17) is 8.83 Å². The SMILES string of the molecule is CC(C)(C)c1ccc(CN(Cc2ccccc2)Cc2ccc(C(=O)NCc3ccco3)o2)cc1. The fourth-order valence-corrected chi connectivity index (χ4v) is 3.85. The van der Waals surface area contributed by atoms with E-state index in [1.165, 1.54) is 16.7 Å². The molecule has 0 bridgehead atoms. The van der Waals surface area contributed by atoms with Crippen LogP contribution in [0.4, 0.5) is 0 Å². The zero-order valence-electron chi connectivity index (χ0n) is 20.1. The number of benzene rings is 2. The summed E-state index contributed by atoms with van der Waals surface area (Å²) in [6.07, 6.45) is 1.59. The molecule has 2 heterocycles. The van der Waals surface area contributed by atoms with E-state index >= 15 is 0 Å². The molecule has 1 amide bonds. The third-order valence-electron chi connectivity index (χ3n) is 5.74. The van der Waals surface area contributed by atoms with Crippen LogP contribution >= 0.6 is 0 Å². The summed E-state index contributed by atoms with van der Waals surface area (Å²) >= 11 is 0. The monoisotopic (exact) mass is 456 g/mol. The van der Waals surface area contributed by atoms with Gasteiger partial charge < -0.3 is 14.2 Å². The summed E-state index contributed by atoms with van der Waals surface area (Å²) in [7, 11) is 0. The number of nitrogens with zero attached hydrogens (tertiary/aromatic N) is 1. The molecule has 176 valence electrons. The van der Waals surface area contributed by atoms with Crippen LogP contribution < -0.4 is 5.32 Å². The smallest absolute Gasteiger partial charge is 0.287 e. The third kappa shape index (κ3) is 6.49. The Bertz CT molecular complexity index is 1170. The lowest BCUT2D eigenvalue weighted by Crippen LogP contribution is -2.23. The molecule has 0 radical (unpaired) electrons. The van der Waals surface area contributed by atoms with Gasteiger partial charge in [-0.05, 0) is 46.4 Å². The van der Waals surface area contributed by atoms with Crippen LogP contribution in [0.5, 0.6) is 0 Å². The number of hydrogen-bond acceptors (Lipinski definition) is 4. The highest BCUT2D eigenvalue weighted by atomic mass is 16.4. The van der Waals surface area contributed by atoms with Crippen molar-refractivity contribution in [2.75, 3.05) is 0 Å². The fourth-order valence-electron chi connectivity index (χ4n) is 3.85. The van der Waals surface area contributed by atoms with Crippen molar-refractivity contribution in [2.24, 2.45) is 0 Å². The largest absolute Gasteiger partial charge is 0.467 e.